The van der Waals surface area contributed by atoms with Gasteiger partial charge in [-0.3, -0.25) is 9.69 Å². The molecule has 6 heteroatoms. The Hall–Kier alpha value is -2.21. The summed E-state index contributed by atoms with van der Waals surface area (Å²) in [5.41, 5.74) is 3.55. The Balaban J connectivity index is 1.72. The van der Waals surface area contributed by atoms with E-state index in [-0.39, 0.29) is 11.7 Å². The van der Waals surface area contributed by atoms with E-state index in [1.165, 1.54) is 12.1 Å². The van der Waals surface area contributed by atoms with Gasteiger partial charge in [-0.05, 0) is 52.0 Å². The monoisotopic (exact) mass is 358 g/mol. The molecule has 1 saturated heterocycles. The summed E-state index contributed by atoms with van der Waals surface area (Å²) in [6.07, 6.45) is 0.362. The van der Waals surface area contributed by atoms with E-state index < -0.39 is 0 Å². The van der Waals surface area contributed by atoms with E-state index in [0.29, 0.717) is 12.5 Å². The van der Waals surface area contributed by atoms with Crippen LogP contribution in [-0.2, 0) is 11.2 Å². The highest BCUT2D eigenvalue weighted by molar-refractivity contribution is 5.79. The normalized spacial score (nSPS) is 15.7. The van der Waals surface area contributed by atoms with Crippen LogP contribution in [0.5, 0.6) is 0 Å². The van der Waals surface area contributed by atoms with Crippen LogP contribution in [0.25, 0.3) is 5.69 Å². The molecule has 1 aromatic heterocycles. The van der Waals surface area contributed by atoms with Crippen LogP contribution < -0.4 is 0 Å². The van der Waals surface area contributed by atoms with Crippen molar-refractivity contribution in [3.63, 3.8) is 0 Å². The zero-order chi connectivity index (χ0) is 18.8. The Bertz CT molecular complexity index is 774. The molecule has 1 aliphatic heterocycles. The molecule has 0 N–H and O–H groups in total. The molecule has 0 radical (unpaired) electrons. The van der Waals surface area contributed by atoms with Gasteiger partial charge in [0.15, 0.2) is 0 Å². The summed E-state index contributed by atoms with van der Waals surface area (Å²) in [6, 6.07) is 6.76. The lowest BCUT2D eigenvalue weighted by molar-refractivity contribution is -0.132. The Morgan fingerprint density at radius 3 is 2.31 bits per heavy atom. The molecule has 1 amide bonds. The summed E-state index contributed by atoms with van der Waals surface area (Å²) < 4.78 is 14.9. The molecule has 0 unspecified atom stereocenters. The van der Waals surface area contributed by atoms with Gasteiger partial charge in [0.25, 0.3) is 0 Å². The Labute approximate surface area is 154 Å². The van der Waals surface area contributed by atoms with E-state index in [4.69, 9.17) is 0 Å². The lowest BCUT2D eigenvalue weighted by Crippen LogP contribution is -2.51. The van der Waals surface area contributed by atoms with Gasteiger partial charge in [0.05, 0.1) is 17.8 Å². The molecule has 2 heterocycles. The quantitative estimate of drug-likeness (QED) is 0.844. The highest BCUT2D eigenvalue weighted by Gasteiger charge is 2.24. The second-order valence-corrected chi connectivity index (χ2v) is 7.22. The number of piperazine rings is 1. The van der Waals surface area contributed by atoms with Gasteiger partial charge in [0.2, 0.25) is 5.91 Å². The fourth-order valence-corrected chi connectivity index (χ4v) is 3.52. The van der Waals surface area contributed by atoms with Crippen molar-refractivity contribution in [2.45, 2.75) is 40.2 Å². The summed E-state index contributed by atoms with van der Waals surface area (Å²) >= 11 is 0. The third-order valence-electron chi connectivity index (χ3n) is 5.24. The van der Waals surface area contributed by atoms with Gasteiger partial charge in [0, 0.05) is 43.5 Å². The van der Waals surface area contributed by atoms with E-state index in [1.54, 1.807) is 16.8 Å². The van der Waals surface area contributed by atoms with Crippen LogP contribution in [0.15, 0.2) is 24.3 Å². The maximum atomic E-state index is 13.2. The number of halogens is 1. The van der Waals surface area contributed by atoms with E-state index in [1.807, 2.05) is 18.7 Å². The van der Waals surface area contributed by atoms with Crippen LogP contribution in [0.4, 0.5) is 4.39 Å². The Morgan fingerprint density at radius 2 is 1.73 bits per heavy atom. The molecule has 1 aliphatic rings. The molecule has 0 saturated carbocycles. The van der Waals surface area contributed by atoms with Crippen molar-refractivity contribution in [1.29, 1.82) is 0 Å². The fourth-order valence-electron chi connectivity index (χ4n) is 3.52. The highest BCUT2D eigenvalue weighted by atomic mass is 19.1. The number of carbonyl (C=O) groups is 1. The van der Waals surface area contributed by atoms with E-state index in [9.17, 15) is 9.18 Å². The molecule has 1 aromatic carbocycles. The Kier molecular flexibility index (Phi) is 5.41. The lowest BCUT2D eigenvalue weighted by atomic mass is 10.1. The van der Waals surface area contributed by atoms with Gasteiger partial charge in [-0.1, -0.05) is 0 Å². The van der Waals surface area contributed by atoms with Crippen molar-refractivity contribution in [1.82, 2.24) is 19.6 Å². The number of carbonyl (C=O) groups excluding carboxylic acids is 1. The zero-order valence-electron chi connectivity index (χ0n) is 16.0. The van der Waals surface area contributed by atoms with E-state index in [2.05, 4.69) is 23.8 Å². The molecule has 1 fully saturated rings. The predicted octanol–water partition coefficient (Wildman–Crippen LogP) is 2.72. The van der Waals surface area contributed by atoms with Gasteiger partial charge in [-0.2, -0.15) is 5.10 Å². The van der Waals surface area contributed by atoms with Crippen molar-refractivity contribution in [2.75, 3.05) is 26.2 Å². The number of aryl methyl sites for hydroxylation is 1. The lowest BCUT2D eigenvalue weighted by Gasteiger charge is -2.37. The van der Waals surface area contributed by atoms with Crippen LogP contribution >= 0.6 is 0 Å². The van der Waals surface area contributed by atoms with Gasteiger partial charge in [-0.15, -0.1) is 0 Å². The SMILES string of the molecule is Cc1nn(-c2ccc(F)cc2)c(C)c1CC(=O)N1CCN(C(C)C)CC1. The summed E-state index contributed by atoms with van der Waals surface area (Å²) in [7, 11) is 0. The number of aromatic nitrogens is 2. The van der Waals surface area contributed by atoms with Crippen molar-refractivity contribution in [2.24, 2.45) is 0 Å². The predicted molar refractivity (Wildman–Crippen MR) is 100.0 cm³/mol. The van der Waals surface area contributed by atoms with Crippen molar-refractivity contribution in [3.05, 3.63) is 47.0 Å². The van der Waals surface area contributed by atoms with Crippen LogP contribution in [-0.4, -0.2) is 57.7 Å². The average molecular weight is 358 g/mol. The number of nitrogens with zero attached hydrogens (tertiary/aromatic N) is 4. The smallest absolute Gasteiger partial charge is 0.227 e. The van der Waals surface area contributed by atoms with Crippen LogP contribution in [0, 0.1) is 19.7 Å². The van der Waals surface area contributed by atoms with E-state index >= 15 is 0 Å². The molecule has 0 bridgehead atoms. The Morgan fingerprint density at radius 1 is 1.12 bits per heavy atom. The molecule has 0 aliphatic carbocycles. The number of rotatable bonds is 4. The molecule has 26 heavy (non-hydrogen) atoms. The fraction of sp³-hybridized carbons (Fsp3) is 0.500. The summed E-state index contributed by atoms with van der Waals surface area (Å²) in [5.74, 6) is -0.121. The van der Waals surface area contributed by atoms with Gasteiger partial charge >= 0.3 is 0 Å². The van der Waals surface area contributed by atoms with E-state index in [0.717, 1.165) is 48.8 Å². The van der Waals surface area contributed by atoms with Gasteiger partial charge < -0.3 is 4.90 Å². The first-order chi connectivity index (χ1) is 12.4. The second kappa shape index (κ2) is 7.58. The van der Waals surface area contributed by atoms with Crippen molar-refractivity contribution >= 4 is 5.91 Å². The third-order valence-corrected chi connectivity index (χ3v) is 5.24. The zero-order valence-corrected chi connectivity index (χ0v) is 16.0. The summed E-state index contributed by atoms with van der Waals surface area (Å²) in [6.45, 7) is 11.7. The minimum atomic E-state index is -0.272. The minimum absolute atomic E-state index is 0.151. The summed E-state index contributed by atoms with van der Waals surface area (Å²) in [5, 5.41) is 4.56. The largest absolute Gasteiger partial charge is 0.340 e. The topological polar surface area (TPSA) is 41.4 Å². The molecule has 2 aromatic rings. The summed E-state index contributed by atoms with van der Waals surface area (Å²) in [4.78, 5) is 17.1. The van der Waals surface area contributed by atoms with Crippen molar-refractivity contribution in [3.8, 4) is 5.69 Å². The van der Waals surface area contributed by atoms with Crippen molar-refractivity contribution < 1.29 is 9.18 Å². The first-order valence-electron chi connectivity index (χ1n) is 9.19. The molecule has 0 spiro atoms. The third kappa shape index (κ3) is 3.80. The second-order valence-electron chi connectivity index (χ2n) is 7.22. The first kappa shape index (κ1) is 18.6. The average Bonchev–Trinajstić information content (AvgIpc) is 2.90. The first-order valence-corrected chi connectivity index (χ1v) is 9.19. The van der Waals surface area contributed by atoms with Crippen LogP contribution in [0.3, 0.4) is 0 Å². The van der Waals surface area contributed by atoms with Gasteiger partial charge in [-0.25, -0.2) is 9.07 Å². The number of amides is 1. The number of benzene rings is 1. The molecular weight excluding hydrogens is 331 g/mol. The maximum Gasteiger partial charge on any atom is 0.227 e. The number of hydrogen-bond acceptors (Lipinski definition) is 3. The van der Waals surface area contributed by atoms with Crippen LogP contribution in [0.2, 0.25) is 0 Å². The molecule has 140 valence electrons. The van der Waals surface area contributed by atoms with Crippen LogP contribution in [0.1, 0.15) is 30.8 Å². The standard InChI is InChI=1S/C20H27FN4O/c1-14(2)23-9-11-24(12-10-23)20(26)13-19-15(3)22-25(16(19)4)18-7-5-17(21)6-8-18/h5-8,14H,9-13H2,1-4H3. The highest BCUT2D eigenvalue weighted by Crippen LogP contribution is 2.20. The maximum absolute atomic E-state index is 13.2. The van der Waals surface area contributed by atoms with Gasteiger partial charge in [0.1, 0.15) is 5.82 Å². The molecule has 5 nitrogen and oxygen atoms in total. The minimum Gasteiger partial charge on any atom is -0.340 e. The molecular formula is C20H27FN4O. The molecule has 0 atom stereocenters. The number of hydrogen-bond donors (Lipinski definition) is 0. The molecule has 3 rings (SSSR count).